The lowest BCUT2D eigenvalue weighted by Gasteiger charge is -2.33. The van der Waals surface area contributed by atoms with Gasteiger partial charge in [-0.2, -0.15) is 0 Å². The summed E-state index contributed by atoms with van der Waals surface area (Å²) < 4.78 is 25.1. The molecular formula is C10H10ClF2N3O. The predicted molar refractivity (Wildman–Crippen MR) is 56.6 cm³/mol. The third-order valence-corrected chi connectivity index (χ3v) is 2.93. The van der Waals surface area contributed by atoms with E-state index in [2.05, 4.69) is 15.3 Å². The first kappa shape index (κ1) is 12.2. The van der Waals surface area contributed by atoms with Crippen molar-refractivity contribution < 1.29 is 13.6 Å². The van der Waals surface area contributed by atoms with Crippen LogP contribution in [0.5, 0.6) is 0 Å². The summed E-state index contributed by atoms with van der Waals surface area (Å²) in [4.78, 5) is 19.2. The number of amides is 1. The van der Waals surface area contributed by atoms with Crippen LogP contribution in [0.3, 0.4) is 0 Å². The van der Waals surface area contributed by atoms with E-state index in [4.69, 9.17) is 11.6 Å². The second-order valence-electron chi connectivity index (χ2n) is 3.97. The van der Waals surface area contributed by atoms with Gasteiger partial charge in [0.1, 0.15) is 0 Å². The van der Waals surface area contributed by atoms with Gasteiger partial charge in [0.25, 0.3) is 0 Å². The summed E-state index contributed by atoms with van der Waals surface area (Å²) in [6.45, 7) is 0.105. The molecule has 17 heavy (non-hydrogen) atoms. The average molecular weight is 262 g/mol. The van der Waals surface area contributed by atoms with Gasteiger partial charge in [-0.25, -0.2) is 13.8 Å². The number of carbonyl (C=O) groups is 1. The highest BCUT2D eigenvalue weighted by molar-refractivity contribution is 6.29. The molecule has 2 rings (SSSR count). The number of halogens is 3. The summed E-state index contributed by atoms with van der Waals surface area (Å²) in [5.41, 5.74) is 0.425. The fraction of sp³-hybridized carbons (Fsp3) is 0.500. The third kappa shape index (κ3) is 2.88. The molecular weight excluding hydrogens is 252 g/mol. The quantitative estimate of drug-likeness (QED) is 0.903. The smallest absolute Gasteiger partial charge is 0.249 e. The van der Waals surface area contributed by atoms with Crippen LogP contribution < -0.4 is 5.32 Å². The van der Waals surface area contributed by atoms with Gasteiger partial charge in [-0.05, 0) is 0 Å². The van der Waals surface area contributed by atoms with Crippen LogP contribution in [0.15, 0.2) is 12.4 Å². The highest BCUT2D eigenvalue weighted by Gasteiger charge is 2.48. The van der Waals surface area contributed by atoms with Gasteiger partial charge < -0.3 is 5.32 Å². The van der Waals surface area contributed by atoms with E-state index in [0.29, 0.717) is 5.69 Å². The van der Waals surface area contributed by atoms with E-state index < -0.39 is 17.7 Å². The van der Waals surface area contributed by atoms with Gasteiger partial charge in [-0.3, -0.25) is 9.78 Å². The van der Waals surface area contributed by atoms with E-state index in [1.54, 1.807) is 0 Å². The molecule has 0 saturated heterocycles. The summed E-state index contributed by atoms with van der Waals surface area (Å²) in [5, 5.41) is 2.72. The van der Waals surface area contributed by atoms with Gasteiger partial charge in [0.05, 0.1) is 12.2 Å². The van der Waals surface area contributed by atoms with Crippen LogP contribution in [0, 0.1) is 5.92 Å². The van der Waals surface area contributed by atoms with Gasteiger partial charge in [-0.15, -0.1) is 0 Å². The molecule has 0 spiro atoms. The molecule has 0 unspecified atom stereocenters. The molecule has 1 amide bonds. The van der Waals surface area contributed by atoms with E-state index >= 15 is 0 Å². The molecule has 92 valence electrons. The van der Waals surface area contributed by atoms with Crippen molar-refractivity contribution >= 4 is 17.5 Å². The zero-order chi connectivity index (χ0) is 12.5. The Bertz CT molecular complexity index is 433. The molecule has 4 nitrogen and oxygen atoms in total. The third-order valence-electron chi connectivity index (χ3n) is 2.61. The molecule has 1 saturated carbocycles. The monoisotopic (exact) mass is 261 g/mol. The number of carbonyl (C=O) groups excluding carboxylic acids is 1. The summed E-state index contributed by atoms with van der Waals surface area (Å²) in [5.74, 6) is -3.69. The maximum Gasteiger partial charge on any atom is 0.249 e. The average Bonchev–Trinajstić information content (AvgIpc) is 2.24. The van der Waals surface area contributed by atoms with Crippen molar-refractivity contribution in [1.29, 1.82) is 0 Å². The normalized spacial score (nSPS) is 18.5. The largest absolute Gasteiger partial charge is 0.350 e. The molecule has 1 aliphatic carbocycles. The van der Waals surface area contributed by atoms with Crippen LogP contribution in [0.2, 0.25) is 5.15 Å². The van der Waals surface area contributed by atoms with Crippen molar-refractivity contribution in [2.24, 2.45) is 5.92 Å². The molecule has 7 heteroatoms. The first-order valence-electron chi connectivity index (χ1n) is 5.09. The summed E-state index contributed by atoms with van der Waals surface area (Å²) in [7, 11) is 0. The van der Waals surface area contributed by atoms with Crippen LogP contribution in [-0.4, -0.2) is 21.8 Å². The number of nitrogens with zero attached hydrogens (tertiary/aromatic N) is 2. The maximum atomic E-state index is 12.6. The van der Waals surface area contributed by atoms with E-state index in [0.717, 1.165) is 0 Å². The van der Waals surface area contributed by atoms with Gasteiger partial charge in [0, 0.05) is 31.2 Å². The van der Waals surface area contributed by atoms with E-state index in [9.17, 15) is 13.6 Å². The molecule has 0 bridgehead atoms. The number of alkyl halides is 2. The Kier molecular flexibility index (Phi) is 3.24. The van der Waals surface area contributed by atoms with Crippen LogP contribution in [-0.2, 0) is 11.3 Å². The van der Waals surface area contributed by atoms with E-state index in [1.807, 2.05) is 0 Å². The number of nitrogens with one attached hydrogen (secondary N) is 1. The van der Waals surface area contributed by atoms with Crippen LogP contribution in [0.25, 0.3) is 0 Å². The van der Waals surface area contributed by atoms with Gasteiger partial charge >= 0.3 is 0 Å². The summed E-state index contributed by atoms with van der Waals surface area (Å²) in [6.07, 6.45) is 2.12. The Morgan fingerprint density at radius 2 is 2.12 bits per heavy atom. The Morgan fingerprint density at radius 1 is 1.47 bits per heavy atom. The highest BCUT2D eigenvalue weighted by Crippen LogP contribution is 2.42. The van der Waals surface area contributed by atoms with Crippen LogP contribution in [0.4, 0.5) is 8.78 Å². The van der Waals surface area contributed by atoms with Gasteiger partial charge in [0.15, 0.2) is 5.15 Å². The van der Waals surface area contributed by atoms with Crippen LogP contribution in [0.1, 0.15) is 18.5 Å². The Hall–Kier alpha value is -1.30. The topological polar surface area (TPSA) is 54.9 Å². The zero-order valence-corrected chi connectivity index (χ0v) is 9.55. The summed E-state index contributed by atoms with van der Waals surface area (Å²) >= 11 is 5.74. The molecule has 1 aliphatic rings. The number of hydrogen-bond acceptors (Lipinski definition) is 3. The minimum absolute atomic E-state index is 0.105. The molecule has 0 radical (unpaired) electrons. The van der Waals surface area contributed by atoms with E-state index in [-0.39, 0.29) is 24.5 Å². The van der Waals surface area contributed by atoms with Gasteiger partial charge in [0.2, 0.25) is 11.8 Å². The minimum atomic E-state index is -2.69. The highest BCUT2D eigenvalue weighted by atomic mass is 35.5. The molecule has 1 N–H and O–H groups in total. The number of aromatic nitrogens is 2. The SMILES string of the molecule is O=C(NCc1nccnc1Cl)C1CC(F)(F)C1. The Morgan fingerprint density at radius 3 is 2.71 bits per heavy atom. The number of hydrogen-bond donors (Lipinski definition) is 1. The van der Waals surface area contributed by atoms with Crippen molar-refractivity contribution in [3.05, 3.63) is 23.2 Å². The number of rotatable bonds is 3. The van der Waals surface area contributed by atoms with Crippen LogP contribution >= 0.6 is 11.6 Å². The fourth-order valence-corrected chi connectivity index (χ4v) is 1.80. The van der Waals surface area contributed by atoms with Crippen molar-refractivity contribution in [3.63, 3.8) is 0 Å². The second kappa shape index (κ2) is 4.52. The molecule has 0 aliphatic heterocycles. The molecule has 0 aromatic carbocycles. The van der Waals surface area contributed by atoms with Crippen molar-refractivity contribution in [2.45, 2.75) is 25.3 Å². The van der Waals surface area contributed by atoms with E-state index in [1.165, 1.54) is 12.4 Å². The molecule has 0 atom stereocenters. The van der Waals surface area contributed by atoms with Gasteiger partial charge in [-0.1, -0.05) is 11.6 Å². The van der Waals surface area contributed by atoms with Crippen molar-refractivity contribution in [3.8, 4) is 0 Å². The van der Waals surface area contributed by atoms with Crippen molar-refractivity contribution in [1.82, 2.24) is 15.3 Å². The molecule has 1 heterocycles. The Labute approximate surface area is 101 Å². The first-order chi connectivity index (χ1) is 7.98. The first-order valence-corrected chi connectivity index (χ1v) is 5.47. The van der Waals surface area contributed by atoms with Crippen molar-refractivity contribution in [2.75, 3.05) is 0 Å². The Balaban J connectivity index is 1.83. The summed E-state index contributed by atoms with van der Waals surface area (Å²) in [6, 6.07) is 0. The predicted octanol–water partition coefficient (Wildman–Crippen LogP) is 1.79. The molecule has 1 fully saturated rings. The second-order valence-corrected chi connectivity index (χ2v) is 4.33. The standard InChI is InChI=1S/C10H10ClF2N3O/c11-8-7(14-1-2-15-8)5-16-9(17)6-3-10(12,13)4-6/h1-2,6H,3-5H2,(H,16,17). The fourth-order valence-electron chi connectivity index (χ4n) is 1.63. The minimum Gasteiger partial charge on any atom is -0.350 e. The lowest BCUT2D eigenvalue weighted by molar-refractivity contribution is -0.150. The zero-order valence-electron chi connectivity index (χ0n) is 8.79. The molecule has 1 aromatic rings. The lowest BCUT2D eigenvalue weighted by atomic mass is 9.81. The maximum absolute atomic E-state index is 12.6. The lowest BCUT2D eigenvalue weighted by Crippen LogP contribution is -2.44. The molecule has 1 aromatic heterocycles.